The van der Waals surface area contributed by atoms with Crippen molar-refractivity contribution in [3.8, 4) is 11.4 Å². The molecule has 4 aromatic rings. The lowest BCUT2D eigenvalue weighted by atomic mass is 10.0. The summed E-state index contributed by atoms with van der Waals surface area (Å²) in [7, 11) is 4.22. The van der Waals surface area contributed by atoms with Crippen molar-refractivity contribution in [2.24, 2.45) is 14.1 Å². The zero-order valence-electron chi connectivity index (χ0n) is 12.4. The quantitative estimate of drug-likeness (QED) is 0.465. The second-order valence-electron chi connectivity index (χ2n) is 5.58. The molecule has 0 atom stereocenters. The fraction of sp³-hybridized carbons (Fsp3) is 0.167. The van der Waals surface area contributed by atoms with E-state index in [1.165, 1.54) is 37.1 Å². The maximum atomic E-state index is 2.26. The number of rotatable bonds is 1. The third kappa shape index (κ3) is 1.74. The summed E-state index contributed by atoms with van der Waals surface area (Å²) in [6.07, 6.45) is 4.22. The Kier molecular flexibility index (Phi) is 2.66. The molecule has 2 aromatic heterocycles. The molecule has 0 amide bonds. The van der Waals surface area contributed by atoms with E-state index in [4.69, 9.17) is 0 Å². The molecule has 2 heterocycles. The van der Waals surface area contributed by atoms with Crippen LogP contribution in [0.15, 0.2) is 48.8 Å². The first-order chi connectivity index (χ1) is 10.2. The minimum absolute atomic E-state index is 1.25. The van der Waals surface area contributed by atoms with Crippen LogP contribution < -0.4 is 4.57 Å². The molecular formula is C18H17N2S+. The predicted octanol–water partition coefficient (Wildman–Crippen LogP) is 4.19. The van der Waals surface area contributed by atoms with Crippen LogP contribution in [-0.4, -0.2) is 4.57 Å². The van der Waals surface area contributed by atoms with Gasteiger partial charge in [-0.15, -0.1) is 11.3 Å². The van der Waals surface area contributed by atoms with Gasteiger partial charge in [0.2, 0.25) is 0 Å². The van der Waals surface area contributed by atoms with Crippen LogP contribution >= 0.6 is 11.3 Å². The molecule has 0 N–H and O–H groups in total. The van der Waals surface area contributed by atoms with Gasteiger partial charge in [0.25, 0.3) is 5.82 Å². The maximum Gasteiger partial charge on any atom is 0.290 e. The number of thiophene rings is 1. The number of benzene rings is 2. The number of nitrogens with zero attached hydrogens (tertiary/aromatic N) is 2. The van der Waals surface area contributed by atoms with Crippen LogP contribution in [0.5, 0.6) is 0 Å². The van der Waals surface area contributed by atoms with E-state index in [-0.39, 0.29) is 0 Å². The van der Waals surface area contributed by atoms with Crippen molar-refractivity contribution in [1.29, 1.82) is 0 Å². The van der Waals surface area contributed by atoms with Crippen LogP contribution in [0.25, 0.3) is 31.6 Å². The third-order valence-corrected chi connectivity index (χ3v) is 5.37. The van der Waals surface area contributed by atoms with Crippen molar-refractivity contribution >= 4 is 31.5 Å². The van der Waals surface area contributed by atoms with Crippen LogP contribution in [0.3, 0.4) is 0 Å². The van der Waals surface area contributed by atoms with Crippen molar-refractivity contribution in [1.82, 2.24) is 4.57 Å². The lowest BCUT2D eigenvalue weighted by Gasteiger charge is -2.05. The zero-order valence-corrected chi connectivity index (χ0v) is 13.2. The molecule has 0 bridgehead atoms. The van der Waals surface area contributed by atoms with E-state index in [0.29, 0.717) is 0 Å². The standard InChI is InChI=1S/C18H17N2S/c1-12-8-9-14-13-6-4-5-7-15(13)21-17(14)16(12)18-19(2)10-11-20(18)3/h4-11H,1-3H3/q+1. The van der Waals surface area contributed by atoms with Crippen molar-refractivity contribution in [3.63, 3.8) is 0 Å². The molecule has 0 aliphatic heterocycles. The number of imidazole rings is 1. The summed E-state index contributed by atoms with van der Waals surface area (Å²) >= 11 is 1.89. The topological polar surface area (TPSA) is 8.81 Å². The van der Waals surface area contributed by atoms with Crippen LogP contribution in [0.2, 0.25) is 0 Å². The number of hydrogen-bond acceptors (Lipinski definition) is 1. The smallest absolute Gasteiger partial charge is 0.233 e. The molecule has 3 heteroatoms. The van der Waals surface area contributed by atoms with Gasteiger partial charge in [0.1, 0.15) is 12.4 Å². The number of fused-ring (bicyclic) bond motifs is 3. The van der Waals surface area contributed by atoms with Crippen LogP contribution in [0.1, 0.15) is 5.56 Å². The molecule has 0 fully saturated rings. The Hall–Kier alpha value is -2.13. The van der Waals surface area contributed by atoms with Gasteiger partial charge in [0, 0.05) is 15.5 Å². The van der Waals surface area contributed by atoms with Crippen molar-refractivity contribution in [2.45, 2.75) is 6.92 Å². The molecule has 0 spiro atoms. The summed E-state index contributed by atoms with van der Waals surface area (Å²) < 4.78 is 7.14. The highest BCUT2D eigenvalue weighted by atomic mass is 32.1. The number of aromatic nitrogens is 2. The number of hydrogen-bond donors (Lipinski definition) is 0. The average molecular weight is 293 g/mol. The van der Waals surface area contributed by atoms with Gasteiger partial charge in [-0.25, -0.2) is 9.13 Å². The summed E-state index contributed by atoms with van der Waals surface area (Å²) in [5.74, 6) is 1.25. The Morgan fingerprint density at radius 2 is 1.86 bits per heavy atom. The van der Waals surface area contributed by atoms with Gasteiger partial charge >= 0.3 is 0 Å². The van der Waals surface area contributed by atoms with Crippen molar-refractivity contribution in [2.75, 3.05) is 0 Å². The molecule has 0 saturated heterocycles. The van der Waals surface area contributed by atoms with Crippen LogP contribution in [-0.2, 0) is 14.1 Å². The van der Waals surface area contributed by atoms with E-state index in [1.54, 1.807) is 0 Å². The lowest BCUT2D eigenvalue weighted by Crippen LogP contribution is -2.29. The fourth-order valence-electron chi connectivity index (χ4n) is 3.11. The normalized spacial score (nSPS) is 11.6. The van der Waals surface area contributed by atoms with Gasteiger partial charge in [0.05, 0.1) is 24.4 Å². The molecule has 104 valence electrons. The van der Waals surface area contributed by atoms with Crippen LogP contribution in [0.4, 0.5) is 0 Å². The van der Waals surface area contributed by atoms with E-state index < -0.39 is 0 Å². The van der Waals surface area contributed by atoms with E-state index >= 15 is 0 Å². The highest BCUT2D eigenvalue weighted by molar-refractivity contribution is 7.26. The first-order valence-electron chi connectivity index (χ1n) is 7.09. The SMILES string of the molecule is Cc1ccc2c(sc3ccccc32)c1-c1n(C)cc[n+]1C. The van der Waals surface area contributed by atoms with Crippen LogP contribution in [0, 0.1) is 6.92 Å². The maximum absolute atomic E-state index is 2.26. The molecule has 2 nitrogen and oxygen atoms in total. The third-order valence-electron chi connectivity index (χ3n) is 4.16. The van der Waals surface area contributed by atoms with E-state index in [1.807, 2.05) is 11.3 Å². The second-order valence-corrected chi connectivity index (χ2v) is 6.63. The Balaban J connectivity index is 2.20. The Morgan fingerprint density at radius 3 is 2.62 bits per heavy atom. The minimum atomic E-state index is 1.25. The summed E-state index contributed by atoms with van der Waals surface area (Å²) in [5.41, 5.74) is 2.68. The molecule has 21 heavy (non-hydrogen) atoms. The first-order valence-corrected chi connectivity index (χ1v) is 7.90. The second kappa shape index (κ2) is 4.43. The Bertz CT molecular complexity index is 956. The molecule has 2 aromatic carbocycles. The summed E-state index contributed by atoms with van der Waals surface area (Å²) in [6, 6.07) is 13.2. The van der Waals surface area contributed by atoms with Gasteiger partial charge < -0.3 is 0 Å². The predicted molar refractivity (Wildman–Crippen MR) is 89.7 cm³/mol. The molecular weight excluding hydrogens is 276 g/mol. The molecule has 0 unspecified atom stereocenters. The summed E-state index contributed by atoms with van der Waals surface area (Å²) in [4.78, 5) is 0. The Morgan fingerprint density at radius 1 is 1.05 bits per heavy atom. The molecule has 0 radical (unpaired) electrons. The molecule has 0 saturated carbocycles. The van der Waals surface area contributed by atoms with E-state index in [9.17, 15) is 0 Å². The highest BCUT2D eigenvalue weighted by Crippen LogP contribution is 2.40. The molecule has 4 rings (SSSR count). The average Bonchev–Trinajstić information content (AvgIpc) is 3.01. The van der Waals surface area contributed by atoms with Crippen molar-refractivity contribution in [3.05, 3.63) is 54.4 Å². The minimum Gasteiger partial charge on any atom is -0.233 e. The largest absolute Gasteiger partial charge is 0.290 e. The lowest BCUT2D eigenvalue weighted by molar-refractivity contribution is -0.659. The molecule has 0 aliphatic rings. The van der Waals surface area contributed by atoms with Gasteiger partial charge in [-0.05, 0) is 18.6 Å². The molecule has 0 aliphatic carbocycles. The zero-order chi connectivity index (χ0) is 14.6. The highest BCUT2D eigenvalue weighted by Gasteiger charge is 2.21. The van der Waals surface area contributed by atoms with Gasteiger partial charge in [-0.3, -0.25) is 0 Å². The first kappa shape index (κ1) is 12.6. The van der Waals surface area contributed by atoms with Crippen molar-refractivity contribution < 1.29 is 4.57 Å². The monoisotopic (exact) mass is 293 g/mol. The Labute approximate surface area is 127 Å². The van der Waals surface area contributed by atoms with E-state index in [0.717, 1.165) is 0 Å². The van der Waals surface area contributed by atoms with Gasteiger partial charge in [0.15, 0.2) is 0 Å². The van der Waals surface area contributed by atoms with Gasteiger partial charge in [-0.1, -0.05) is 30.3 Å². The fourth-order valence-corrected chi connectivity index (χ4v) is 4.40. The summed E-state index contributed by atoms with van der Waals surface area (Å²) in [6.45, 7) is 2.20. The summed E-state index contributed by atoms with van der Waals surface area (Å²) in [5, 5.41) is 2.72. The number of aryl methyl sites for hydroxylation is 3. The van der Waals surface area contributed by atoms with Gasteiger partial charge in [-0.2, -0.15) is 0 Å². The van der Waals surface area contributed by atoms with E-state index in [2.05, 4.69) is 78.9 Å².